The lowest BCUT2D eigenvalue weighted by molar-refractivity contribution is -0.142. The zero-order valence-electron chi connectivity index (χ0n) is 17.5. The van der Waals surface area contributed by atoms with Crippen molar-refractivity contribution in [3.8, 4) is 5.75 Å². The van der Waals surface area contributed by atoms with E-state index in [0.29, 0.717) is 5.56 Å². The molecule has 3 N–H and O–H groups in total. The van der Waals surface area contributed by atoms with Crippen molar-refractivity contribution in [1.29, 1.82) is 5.41 Å². The molecule has 3 aliphatic rings. The highest BCUT2D eigenvalue weighted by Gasteiger charge is 2.62. The summed E-state index contributed by atoms with van der Waals surface area (Å²) in [7, 11) is 1.61. The van der Waals surface area contributed by atoms with Crippen molar-refractivity contribution >= 4 is 17.6 Å². The molecule has 2 amide bonds. The normalized spacial score (nSPS) is 27.5. The second-order valence-corrected chi connectivity index (χ2v) is 8.59. The predicted molar refractivity (Wildman–Crippen MR) is 115 cm³/mol. The second-order valence-electron chi connectivity index (χ2n) is 8.59. The number of carbonyl (C=O) groups excluding carboxylic acids is 2. The zero-order chi connectivity index (χ0) is 21.7. The van der Waals surface area contributed by atoms with Gasteiger partial charge in [0.2, 0.25) is 11.8 Å². The number of amidine groups is 1. The van der Waals surface area contributed by atoms with Crippen LogP contribution in [0.4, 0.5) is 0 Å². The molecular formula is C24H26N4O3. The van der Waals surface area contributed by atoms with Crippen LogP contribution in [0.15, 0.2) is 48.5 Å². The maximum absolute atomic E-state index is 13.5. The number of hydrogen-bond donors (Lipinski definition) is 2. The highest BCUT2D eigenvalue weighted by molar-refractivity contribution is 6.06. The van der Waals surface area contributed by atoms with Gasteiger partial charge in [0.05, 0.1) is 25.5 Å². The van der Waals surface area contributed by atoms with Crippen LogP contribution in [0.5, 0.6) is 5.75 Å². The Morgan fingerprint density at radius 3 is 2.39 bits per heavy atom. The van der Waals surface area contributed by atoms with Crippen LogP contribution in [-0.2, 0) is 16.1 Å². The Morgan fingerprint density at radius 1 is 1.06 bits per heavy atom. The third-order valence-corrected chi connectivity index (χ3v) is 7.01. The van der Waals surface area contributed by atoms with Gasteiger partial charge < -0.3 is 10.5 Å². The summed E-state index contributed by atoms with van der Waals surface area (Å²) in [4.78, 5) is 30.7. The molecule has 4 atom stereocenters. The van der Waals surface area contributed by atoms with E-state index < -0.39 is 0 Å². The SMILES string of the molecule is COc1ccc(CN2C(=O)[C@@H]3[C@H](C2=O)[C@H](c2ccc(C(=N)N)cc2)N2CCC[C@@H]32)cc1. The highest BCUT2D eigenvalue weighted by Crippen LogP contribution is 2.53. The van der Waals surface area contributed by atoms with E-state index in [-0.39, 0.29) is 48.1 Å². The van der Waals surface area contributed by atoms with Gasteiger partial charge in [0, 0.05) is 17.6 Å². The van der Waals surface area contributed by atoms with E-state index in [2.05, 4.69) is 4.90 Å². The number of nitrogen functional groups attached to an aromatic ring is 1. The third kappa shape index (κ3) is 3.11. The van der Waals surface area contributed by atoms with E-state index in [1.165, 1.54) is 4.90 Å². The van der Waals surface area contributed by atoms with E-state index in [9.17, 15) is 9.59 Å². The molecule has 2 aromatic rings. The number of fused-ring (bicyclic) bond motifs is 3. The summed E-state index contributed by atoms with van der Waals surface area (Å²) >= 11 is 0. The van der Waals surface area contributed by atoms with Crippen LogP contribution in [0.1, 0.15) is 35.6 Å². The second kappa shape index (κ2) is 7.50. The highest BCUT2D eigenvalue weighted by atomic mass is 16.5. The molecule has 31 heavy (non-hydrogen) atoms. The first-order chi connectivity index (χ1) is 15.0. The molecule has 160 valence electrons. The van der Waals surface area contributed by atoms with Crippen molar-refractivity contribution in [2.24, 2.45) is 17.6 Å². The molecule has 0 aromatic heterocycles. The number of methoxy groups -OCH3 is 1. The average Bonchev–Trinajstić information content (AvgIpc) is 3.43. The van der Waals surface area contributed by atoms with Crippen LogP contribution < -0.4 is 10.5 Å². The summed E-state index contributed by atoms with van der Waals surface area (Å²) in [6.45, 7) is 1.19. The maximum atomic E-state index is 13.5. The summed E-state index contributed by atoms with van der Waals surface area (Å²) in [6.07, 6.45) is 1.98. The first kappa shape index (κ1) is 19.8. The van der Waals surface area contributed by atoms with Gasteiger partial charge in [-0.25, -0.2) is 0 Å². The molecule has 5 rings (SSSR count). The van der Waals surface area contributed by atoms with Crippen molar-refractivity contribution in [3.05, 3.63) is 65.2 Å². The molecular weight excluding hydrogens is 392 g/mol. The van der Waals surface area contributed by atoms with Crippen molar-refractivity contribution in [2.75, 3.05) is 13.7 Å². The van der Waals surface area contributed by atoms with Gasteiger partial charge in [-0.1, -0.05) is 36.4 Å². The number of rotatable bonds is 5. The van der Waals surface area contributed by atoms with Gasteiger partial charge in [-0.05, 0) is 42.6 Å². The van der Waals surface area contributed by atoms with Gasteiger partial charge in [0.1, 0.15) is 11.6 Å². The van der Waals surface area contributed by atoms with Gasteiger partial charge >= 0.3 is 0 Å². The fourth-order valence-corrected chi connectivity index (χ4v) is 5.59. The molecule has 3 fully saturated rings. The number of ether oxygens (including phenoxy) is 1. The minimum atomic E-state index is -0.362. The monoisotopic (exact) mass is 418 g/mol. The zero-order valence-corrected chi connectivity index (χ0v) is 17.5. The smallest absolute Gasteiger partial charge is 0.235 e. The molecule has 7 nitrogen and oxygen atoms in total. The Hall–Kier alpha value is -3.19. The summed E-state index contributed by atoms with van der Waals surface area (Å²) in [5.74, 6) is -0.0144. The van der Waals surface area contributed by atoms with E-state index in [1.54, 1.807) is 7.11 Å². The topological polar surface area (TPSA) is 99.7 Å². The molecule has 0 spiro atoms. The molecule has 0 unspecified atom stereocenters. The minimum Gasteiger partial charge on any atom is -0.497 e. The fraction of sp³-hybridized carbons (Fsp3) is 0.375. The van der Waals surface area contributed by atoms with Crippen LogP contribution >= 0.6 is 0 Å². The van der Waals surface area contributed by atoms with E-state index in [4.69, 9.17) is 15.9 Å². The molecule has 0 aliphatic carbocycles. The van der Waals surface area contributed by atoms with Crippen molar-refractivity contribution in [2.45, 2.75) is 31.5 Å². The Bertz CT molecular complexity index is 1030. The Labute approximate surface area is 181 Å². The molecule has 0 saturated carbocycles. The van der Waals surface area contributed by atoms with Crippen molar-refractivity contribution in [3.63, 3.8) is 0 Å². The minimum absolute atomic E-state index is 0.0210. The summed E-state index contributed by atoms with van der Waals surface area (Å²) < 4.78 is 5.20. The largest absolute Gasteiger partial charge is 0.497 e. The van der Waals surface area contributed by atoms with Crippen LogP contribution in [0.3, 0.4) is 0 Å². The van der Waals surface area contributed by atoms with Gasteiger partial charge in [-0.3, -0.25) is 24.8 Å². The number of hydrogen-bond acceptors (Lipinski definition) is 5. The first-order valence-corrected chi connectivity index (χ1v) is 10.7. The van der Waals surface area contributed by atoms with E-state index in [1.807, 2.05) is 48.5 Å². The van der Waals surface area contributed by atoms with Gasteiger partial charge in [0.15, 0.2) is 0 Å². The average molecular weight is 418 g/mol. The summed E-state index contributed by atoms with van der Waals surface area (Å²) in [5, 5.41) is 7.62. The van der Waals surface area contributed by atoms with Crippen molar-refractivity contribution < 1.29 is 14.3 Å². The number of nitrogens with zero attached hydrogens (tertiary/aromatic N) is 2. The maximum Gasteiger partial charge on any atom is 0.235 e. The first-order valence-electron chi connectivity index (χ1n) is 10.7. The molecule has 3 heterocycles. The lowest BCUT2D eigenvalue weighted by atomic mass is 9.85. The number of likely N-dealkylation sites (tertiary alicyclic amines) is 1. The standard InChI is InChI=1S/C24H26N4O3/c1-31-17-10-4-14(5-11-17)13-28-23(29)19-18-3-2-12-27(18)21(20(19)24(28)30)15-6-8-16(9-7-15)22(25)26/h4-11,18-21H,2-3,12-13H2,1H3,(H3,25,26)/t18-,19-,20-,21-/m0/s1. The van der Waals surface area contributed by atoms with E-state index >= 15 is 0 Å². The number of imide groups is 1. The van der Waals surface area contributed by atoms with Crippen LogP contribution in [-0.4, -0.2) is 47.1 Å². The van der Waals surface area contributed by atoms with Gasteiger partial charge in [-0.15, -0.1) is 0 Å². The predicted octanol–water partition coefficient (Wildman–Crippen LogP) is 2.30. The molecule has 7 heteroatoms. The Morgan fingerprint density at radius 2 is 1.74 bits per heavy atom. The lowest BCUT2D eigenvalue weighted by Gasteiger charge is -2.29. The summed E-state index contributed by atoms with van der Waals surface area (Å²) in [5.41, 5.74) is 8.18. The molecule has 2 aromatic carbocycles. The van der Waals surface area contributed by atoms with Gasteiger partial charge in [-0.2, -0.15) is 0 Å². The number of benzene rings is 2. The Kier molecular flexibility index (Phi) is 4.78. The number of carbonyl (C=O) groups is 2. The van der Waals surface area contributed by atoms with Crippen molar-refractivity contribution in [1.82, 2.24) is 9.80 Å². The fourth-order valence-electron chi connectivity index (χ4n) is 5.59. The molecule has 3 aliphatic heterocycles. The number of nitrogens with two attached hydrogens (primary N) is 1. The Balaban J connectivity index is 1.45. The lowest BCUT2D eigenvalue weighted by Crippen LogP contribution is -2.38. The third-order valence-electron chi connectivity index (χ3n) is 7.01. The summed E-state index contributed by atoms with van der Waals surface area (Å²) in [6, 6.07) is 15.0. The molecule has 3 saturated heterocycles. The quantitative estimate of drug-likeness (QED) is 0.441. The number of nitrogens with one attached hydrogen (secondary N) is 1. The van der Waals surface area contributed by atoms with E-state index in [0.717, 1.165) is 36.3 Å². The number of amides is 2. The van der Waals surface area contributed by atoms with Crippen LogP contribution in [0.2, 0.25) is 0 Å². The molecule has 0 bridgehead atoms. The van der Waals surface area contributed by atoms with Gasteiger partial charge in [0.25, 0.3) is 0 Å². The molecule has 0 radical (unpaired) electrons. The van der Waals surface area contributed by atoms with Crippen LogP contribution in [0.25, 0.3) is 0 Å². The van der Waals surface area contributed by atoms with Crippen LogP contribution in [0, 0.1) is 17.2 Å².